The maximum atomic E-state index is 12.0. The van der Waals surface area contributed by atoms with Crippen molar-refractivity contribution in [3.8, 4) is 0 Å². The second-order valence-electron chi connectivity index (χ2n) is 4.80. The summed E-state index contributed by atoms with van der Waals surface area (Å²) in [6, 6.07) is 7.76. The normalized spacial score (nSPS) is 19.3. The molecule has 0 aromatic heterocycles. The molecule has 1 aliphatic rings. The van der Waals surface area contributed by atoms with Gasteiger partial charge in [0.25, 0.3) is 0 Å². The van der Waals surface area contributed by atoms with Crippen molar-refractivity contribution >= 4 is 23.5 Å². The predicted octanol–water partition coefficient (Wildman–Crippen LogP) is 2.54. The molecule has 0 aliphatic carbocycles. The van der Waals surface area contributed by atoms with E-state index in [0.29, 0.717) is 13.1 Å². The van der Waals surface area contributed by atoms with Gasteiger partial charge in [0.1, 0.15) is 0 Å². The number of amides is 2. The van der Waals surface area contributed by atoms with Gasteiger partial charge in [-0.2, -0.15) is 11.8 Å². The Hall–Kier alpha value is -1.20. The van der Waals surface area contributed by atoms with Gasteiger partial charge in [0, 0.05) is 24.5 Å². The highest BCUT2D eigenvalue weighted by Gasteiger charge is 2.21. The molecule has 2 amide bonds. The highest BCUT2D eigenvalue weighted by atomic mass is 32.2. The Balaban J connectivity index is 1.90. The summed E-state index contributed by atoms with van der Waals surface area (Å²) in [5.41, 5.74) is 2.05. The van der Waals surface area contributed by atoms with Crippen LogP contribution in [-0.4, -0.2) is 41.5 Å². The van der Waals surface area contributed by atoms with Crippen molar-refractivity contribution in [1.29, 1.82) is 0 Å². The first-order valence-corrected chi connectivity index (χ1v) is 7.90. The lowest BCUT2D eigenvalue weighted by Crippen LogP contribution is -2.44. The molecule has 1 aromatic carbocycles. The lowest BCUT2D eigenvalue weighted by molar-refractivity contribution is 0.0883. The van der Waals surface area contributed by atoms with Crippen LogP contribution in [0.2, 0.25) is 0 Å². The summed E-state index contributed by atoms with van der Waals surface area (Å²) >= 11 is 1.77. The number of carbonyl (C=O) groups is 1. The Morgan fingerprint density at radius 3 is 2.84 bits per heavy atom. The molecule has 1 fully saturated rings. The van der Waals surface area contributed by atoms with Gasteiger partial charge in [-0.25, -0.2) is 4.79 Å². The number of rotatable bonds is 3. The predicted molar refractivity (Wildman–Crippen MR) is 79.5 cm³/mol. The zero-order chi connectivity index (χ0) is 13.7. The monoisotopic (exact) mass is 280 g/mol. The molecule has 0 spiro atoms. The summed E-state index contributed by atoms with van der Waals surface area (Å²) < 4.78 is 0. The second-order valence-corrected chi connectivity index (χ2v) is 5.67. The van der Waals surface area contributed by atoms with Gasteiger partial charge in [-0.3, -0.25) is 0 Å². The number of aliphatic hydroxyl groups is 1. The van der Waals surface area contributed by atoms with Crippen LogP contribution in [0.1, 0.15) is 18.4 Å². The van der Waals surface area contributed by atoms with Gasteiger partial charge in [-0.05, 0) is 36.8 Å². The summed E-state index contributed by atoms with van der Waals surface area (Å²) in [5, 5.41) is 12.4. The molecular formula is C14H20N2O2S. The molecule has 0 saturated carbocycles. The standard InChI is InChI=1S/C14H20N2O2S/c1-19-10-11-4-6-12(7-5-11)15-14(18)16-8-2-3-13(17)9-16/h4-7,13,17H,2-3,8-10H2,1H3,(H,15,18). The highest BCUT2D eigenvalue weighted by Crippen LogP contribution is 2.15. The number of anilines is 1. The van der Waals surface area contributed by atoms with Crippen molar-refractivity contribution in [1.82, 2.24) is 4.90 Å². The fourth-order valence-electron chi connectivity index (χ4n) is 2.19. The summed E-state index contributed by atoms with van der Waals surface area (Å²) in [6.07, 6.45) is 3.33. The number of hydrogen-bond acceptors (Lipinski definition) is 3. The summed E-state index contributed by atoms with van der Waals surface area (Å²) in [5.74, 6) is 0.979. The molecule has 4 nitrogen and oxygen atoms in total. The van der Waals surface area contributed by atoms with Gasteiger partial charge in [0.15, 0.2) is 0 Å². The van der Waals surface area contributed by atoms with Crippen molar-refractivity contribution in [3.05, 3.63) is 29.8 Å². The lowest BCUT2D eigenvalue weighted by atomic mass is 10.1. The molecule has 1 aromatic rings. The molecule has 0 bridgehead atoms. The number of likely N-dealkylation sites (tertiary alicyclic amines) is 1. The number of urea groups is 1. The third-order valence-corrected chi connectivity index (χ3v) is 3.82. The maximum absolute atomic E-state index is 12.0. The molecule has 5 heteroatoms. The van der Waals surface area contributed by atoms with Crippen molar-refractivity contribution in [2.75, 3.05) is 24.7 Å². The van der Waals surface area contributed by atoms with Crippen LogP contribution in [0.25, 0.3) is 0 Å². The second kappa shape index (κ2) is 6.82. The molecule has 1 saturated heterocycles. The minimum absolute atomic E-state index is 0.128. The molecule has 1 unspecified atom stereocenters. The van der Waals surface area contributed by atoms with Gasteiger partial charge in [0.05, 0.1) is 6.10 Å². The number of nitrogens with one attached hydrogen (secondary N) is 1. The summed E-state index contributed by atoms with van der Waals surface area (Å²) in [6.45, 7) is 1.14. The van der Waals surface area contributed by atoms with E-state index in [-0.39, 0.29) is 12.1 Å². The number of nitrogens with zero attached hydrogens (tertiary/aromatic N) is 1. The van der Waals surface area contributed by atoms with E-state index in [4.69, 9.17) is 0 Å². The number of aliphatic hydroxyl groups excluding tert-OH is 1. The number of piperidine rings is 1. The third kappa shape index (κ3) is 4.14. The minimum atomic E-state index is -0.386. The fourth-order valence-corrected chi connectivity index (χ4v) is 2.72. The largest absolute Gasteiger partial charge is 0.391 e. The molecule has 0 radical (unpaired) electrons. The van der Waals surface area contributed by atoms with E-state index >= 15 is 0 Å². The first kappa shape index (κ1) is 14.2. The van der Waals surface area contributed by atoms with E-state index in [9.17, 15) is 9.90 Å². The molecule has 2 rings (SSSR count). The number of hydrogen-bond donors (Lipinski definition) is 2. The Bertz CT molecular complexity index is 422. The first-order valence-electron chi connectivity index (χ1n) is 6.51. The quantitative estimate of drug-likeness (QED) is 0.894. The van der Waals surface area contributed by atoms with E-state index in [0.717, 1.165) is 24.3 Å². The van der Waals surface area contributed by atoms with Crippen molar-refractivity contribution in [3.63, 3.8) is 0 Å². The number of benzene rings is 1. The van der Waals surface area contributed by atoms with Gasteiger partial charge in [-0.1, -0.05) is 12.1 Å². The van der Waals surface area contributed by atoms with Gasteiger partial charge in [-0.15, -0.1) is 0 Å². The van der Waals surface area contributed by atoms with Crippen LogP contribution in [0.15, 0.2) is 24.3 Å². The van der Waals surface area contributed by atoms with E-state index < -0.39 is 0 Å². The van der Waals surface area contributed by atoms with E-state index in [1.807, 2.05) is 24.3 Å². The van der Waals surface area contributed by atoms with Crippen LogP contribution in [0, 0.1) is 0 Å². The average molecular weight is 280 g/mol. The van der Waals surface area contributed by atoms with Crippen LogP contribution in [-0.2, 0) is 5.75 Å². The lowest BCUT2D eigenvalue weighted by Gasteiger charge is -2.30. The molecule has 19 heavy (non-hydrogen) atoms. The number of β-amino-alcohol motifs (C(OH)–C–C–N with tert-alkyl or cyclic N) is 1. The molecule has 1 heterocycles. The van der Waals surface area contributed by atoms with E-state index in [1.54, 1.807) is 16.7 Å². The fraction of sp³-hybridized carbons (Fsp3) is 0.500. The van der Waals surface area contributed by atoms with Gasteiger partial charge in [0.2, 0.25) is 0 Å². The smallest absolute Gasteiger partial charge is 0.321 e. The summed E-state index contributed by atoms with van der Waals surface area (Å²) in [4.78, 5) is 13.7. The highest BCUT2D eigenvalue weighted by molar-refractivity contribution is 7.97. The average Bonchev–Trinajstić information content (AvgIpc) is 2.41. The van der Waals surface area contributed by atoms with Gasteiger partial charge >= 0.3 is 6.03 Å². The van der Waals surface area contributed by atoms with Crippen molar-refractivity contribution in [2.24, 2.45) is 0 Å². The van der Waals surface area contributed by atoms with E-state index in [2.05, 4.69) is 11.6 Å². The Kier molecular flexibility index (Phi) is 5.10. The molecule has 1 aliphatic heterocycles. The number of thioether (sulfide) groups is 1. The minimum Gasteiger partial charge on any atom is -0.391 e. The van der Waals surface area contributed by atoms with Crippen molar-refractivity contribution < 1.29 is 9.90 Å². The van der Waals surface area contributed by atoms with Crippen molar-refractivity contribution in [2.45, 2.75) is 24.7 Å². The third-order valence-electron chi connectivity index (χ3n) is 3.20. The zero-order valence-corrected chi connectivity index (χ0v) is 11.9. The van der Waals surface area contributed by atoms with E-state index in [1.165, 1.54) is 5.56 Å². The maximum Gasteiger partial charge on any atom is 0.321 e. The summed E-state index contributed by atoms with van der Waals surface area (Å²) in [7, 11) is 0. The molecular weight excluding hydrogens is 260 g/mol. The first-order chi connectivity index (χ1) is 9.19. The van der Waals surface area contributed by atoms with Crippen LogP contribution in [0.4, 0.5) is 10.5 Å². The van der Waals surface area contributed by atoms with Crippen LogP contribution in [0.5, 0.6) is 0 Å². The van der Waals surface area contributed by atoms with Crippen LogP contribution >= 0.6 is 11.8 Å². The van der Waals surface area contributed by atoms with Crippen LogP contribution < -0.4 is 5.32 Å². The zero-order valence-electron chi connectivity index (χ0n) is 11.1. The Labute approximate surface area is 118 Å². The van der Waals surface area contributed by atoms with Gasteiger partial charge < -0.3 is 15.3 Å². The Morgan fingerprint density at radius 1 is 1.47 bits per heavy atom. The van der Waals surface area contributed by atoms with Crippen LogP contribution in [0.3, 0.4) is 0 Å². The Morgan fingerprint density at radius 2 is 2.21 bits per heavy atom. The number of carbonyl (C=O) groups excluding carboxylic acids is 1. The molecule has 2 N–H and O–H groups in total. The molecule has 1 atom stereocenters. The topological polar surface area (TPSA) is 52.6 Å². The SMILES string of the molecule is CSCc1ccc(NC(=O)N2CCCC(O)C2)cc1. The molecule has 104 valence electrons.